The number of esters is 1. The summed E-state index contributed by atoms with van der Waals surface area (Å²) < 4.78 is 11.0. The molecule has 2 rings (SSSR count). The molecule has 0 saturated heterocycles. The Morgan fingerprint density at radius 2 is 1.57 bits per heavy atom. The Labute approximate surface area is 137 Å². The van der Waals surface area contributed by atoms with Crippen LogP contribution in [-0.2, 0) is 27.3 Å². The molecule has 0 bridgehead atoms. The summed E-state index contributed by atoms with van der Waals surface area (Å²) in [4.78, 5) is 12.0. The first-order valence-electron chi connectivity index (χ1n) is 7.76. The predicted octanol–water partition coefficient (Wildman–Crippen LogP) is 3.93. The van der Waals surface area contributed by atoms with Crippen molar-refractivity contribution in [2.45, 2.75) is 26.1 Å². The van der Waals surface area contributed by atoms with Gasteiger partial charge in [-0.15, -0.1) is 0 Å². The molecular weight excluding hydrogens is 288 g/mol. The largest absolute Gasteiger partial charge is 0.463 e. The van der Waals surface area contributed by atoms with Gasteiger partial charge >= 0.3 is 5.97 Å². The fourth-order valence-corrected chi connectivity index (χ4v) is 2.24. The average molecular weight is 310 g/mol. The van der Waals surface area contributed by atoms with Gasteiger partial charge in [-0.05, 0) is 18.1 Å². The summed E-state index contributed by atoms with van der Waals surface area (Å²) in [5, 5.41) is 0. The normalized spacial score (nSPS) is 11.7. The minimum Gasteiger partial charge on any atom is -0.463 e. The predicted molar refractivity (Wildman–Crippen MR) is 90.9 cm³/mol. The molecule has 0 fully saturated rings. The van der Waals surface area contributed by atoms with Crippen molar-refractivity contribution < 1.29 is 14.3 Å². The molecular formula is C20H22O3. The maximum Gasteiger partial charge on any atom is 0.336 e. The zero-order valence-electron chi connectivity index (χ0n) is 13.4. The standard InChI is InChI=1S/C20H22O3/c1-3-22-20(21)16(2)19(14-17-10-6-4-7-11-17)23-15-18-12-8-5-9-13-18/h4-13,19H,2-3,14-15H2,1H3. The molecule has 0 radical (unpaired) electrons. The Morgan fingerprint density at radius 3 is 2.13 bits per heavy atom. The van der Waals surface area contributed by atoms with E-state index in [0.29, 0.717) is 25.2 Å². The van der Waals surface area contributed by atoms with Crippen LogP contribution in [0.3, 0.4) is 0 Å². The topological polar surface area (TPSA) is 35.5 Å². The molecule has 0 aliphatic carbocycles. The van der Waals surface area contributed by atoms with Crippen molar-refractivity contribution in [3.8, 4) is 0 Å². The molecule has 2 aromatic carbocycles. The Balaban J connectivity index is 2.07. The lowest BCUT2D eigenvalue weighted by molar-refractivity contribution is -0.140. The van der Waals surface area contributed by atoms with Crippen LogP contribution in [0.15, 0.2) is 72.8 Å². The fourth-order valence-electron chi connectivity index (χ4n) is 2.24. The van der Waals surface area contributed by atoms with E-state index < -0.39 is 12.1 Å². The van der Waals surface area contributed by atoms with Crippen molar-refractivity contribution in [1.82, 2.24) is 0 Å². The molecule has 120 valence electrons. The number of benzene rings is 2. The van der Waals surface area contributed by atoms with Crippen LogP contribution >= 0.6 is 0 Å². The molecule has 0 N–H and O–H groups in total. The molecule has 2 aromatic rings. The first-order valence-corrected chi connectivity index (χ1v) is 7.76. The zero-order chi connectivity index (χ0) is 16.5. The molecule has 0 amide bonds. The zero-order valence-corrected chi connectivity index (χ0v) is 13.4. The molecule has 0 aliphatic heterocycles. The van der Waals surface area contributed by atoms with E-state index in [1.54, 1.807) is 6.92 Å². The summed E-state index contributed by atoms with van der Waals surface area (Å²) in [5.74, 6) is -0.401. The van der Waals surface area contributed by atoms with Crippen molar-refractivity contribution in [3.63, 3.8) is 0 Å². The second kappa shape index (κ2) is 8.91. The summed E-state index contributed by atoms with van der Waals surface area (Å²) in [5.41, 5.74) is 2.50. The number of hydrogen-bond donors (Lipinski definition) is 0. The highest BCUT2D eigenvalue weighted by atomic mass is 16.5. The minimum absolute atomic E-state index is 0.328. The van der Waals surface area contributed by atoms with Crippen molar-refractivity contribution in [2.24, 2.45) is 0 Å². The van der Waals surface area contributed by atoms with Crippen LogP contribution in [0.4, 0.5) is 0 Å². The van der Waals surface area contributed by atoms with Crippen LogP contribution in [0.5, 0.6) is 0 Å². The molecule has 3 heteroatoms. The van der Waals surface area contributed by atoms with Gasteiger partial charge in [0.2, 0.25) is 0 Å². The molecule has 1 atom stereocenters. The summed E-state index contributed by atoms with van der Waals surface area (Å²) in [7, 11) is 0. The van der Waals surface area contributed by atoms with Crippen LogP contribution in [0, 0.1) is 0 Å². The smallest absolute Gasteiger partial charge is 0.336 e. The van der Waals surface area contributed by atoms with E-state index in [2.05, 4.69) is 6.58 Å². The first-order chi connectivity index (χ1) is 11.2. The van der Waals surface area contributed by atoms with Crippen molar-refractivity contribution >= 4 is 5.97 Å². The highest BCUT2D eigenvalue weighted by molar-refractivity contribution is 5.88. The molecule has 3 nitrogen and oxygen atoms in total. The van der Waals surface area contributed by atoms with Crippen molar-refractivity contribution in [3.05, 3.63) is 83.9 Å². The van der Waals surface area contributed by atoms with Gasteiger partial charge in [0.05, 0.1) is 24.9 Å². The lowest BCUT2D eigenvalue weighted by Crippen LogP contribution is -2.25. The van der Waals surface area contributed by atoms with E-state index >= 15 is 0 Å². The van der Waals surface area contributed by atoms with Crippen LogP contribution < -0.4 is 0 Å². The van der Waals surface area contributed by atoms with E-state index in [0.717, 1.165) is 11.1 Å². The van der Waals surface area contributed by atoms with Crippen LogP contribution in [0.25, 0.3) is 0 Å². The van der Waals surface area contributed by atoms with Gasteiger partial charge in [-0.2, -0.15) is 0 Å². The fraction of sp³-hybridized carbons (Fsp3) is 0.250. The Bertz CT molecular complexity index is 620. The van der Waals surface area contributed by atoms with E-state index in [9.17, 15) is 4.79 Å². The van der Waals surface area contributed by atoms with Gasteiger partial charge in [0.15, 0.2) is 0 Å². The minimum atomic E-state index is -0.406. The SMILES string of the molecule is C=C(C(=O)OCC)C(Cc1ccccc1)OCc1ccccc1. The lowest BCUT2D eigenvalue weighted by atomic mass is 10.0. The third kappa shape index (κ3) is 5.38. The molecule has 0 aliphatic rings. The summed E-state index contributed by atoms with van der Waals surface area (Å²) in [6, 6.07) is 19.8. The first kappa shape index (κ1) is 17.0. The number of carbonyl (C=O) groups excluding carboxylic acids is 1. The second-order valence-electron chi connectivity index (χ2n) is 5.22. The third-order valence-corrected chi connectivity index (χ3v) is 3.48. The molecule has 0 spiro atoms. The van der Waals surface area contributed by atoms with Crippen molar-refractivity contribution in [1.29, 1.82) is 0 Å². The van der Waals surface area contributed by atoms with E-state index in [-0.39, 0.29) is 0 Å². The van der Waals surface area contributed by atoms with E-state index in [1.807, 2.05) is 60.7 Å². The Kier molecular flexibility index (Phi) is 6.57. The number of carbonyl (C=O) groups is 1. The van der Waals surface area contributed by atoms with Gasteiger partial charge in [-0.25, -0.2) is 4.79 Å². The number of hydrogen-bond acceptors (Lipinski definition) is 3. The lowest BCUT2D eigenvalue weighted by Gasteiger charge is -2.19. The van der Waals surface area contributed by atoms with Crippen LogP contribution in [0.1, 0.15) is 18.1 Å². The molecule has 0 heterocycles. The molecule has 0 saturated carbocycles. The van der Waals surface area contributed by atoms with Gasteiger partial charge in [0, 0.05) is 6.42 Å². The van der Waals surface area contributed by atoms with E-state index in [1.165, 1.54) is 0 Å². The van der Waals surface area contributed by atoms with Gasteiger partial charge in [0.25, 0.3) is 0 Å². The Hall–Kier alpha value is -2.39. The summed E-state index contributed by atoms with van der Waals surface area (Å²) in [6.45, 7) is 6.42. The Morgan fingerprint density at radius 1 is 1.00 bits per heavy atom. The summed E-state index contributed by atoms with van der Waals surface area (Å²) in [6.07, 6.45) is 0.183. The molecule has 23 heavy (non-hydrogen) atoms. The number of ether oxygens (including phenoxy) is 2. The van der Waals surface area contributed by atoms with Gasteiger partial charge in [-0.3, -0.25) is 0 Å². The highest BCUT2D eigenvalue weighted by Crippen LogP contribution is 2.16. The third-order valence-electron chi connectivity index (χ3n) is 3.48. The highest BCUT2D eigenvalue weighted by Gasteiger charge is 2.21. The summed E-state index contributed by atoms with van der Waals surface area (Å²) >= 11 is 0. The molecule has 1 unspecified atom stereocenters. The van der Waals surface area contributed by atoms with Crippen LogP contribution in [-0.4, -0.2) is 18.7 Å². The molecule has 0 aromatic heterocycles. The van der Waals surface area contributed by atoms with Crippen LogP contribution in [0.2, 0.25) is 0 Å². The maximum atomic E-state index is 12.0. The van der Waals surface area contributed by atoms with E-state index in [4.69, 9.17) is 9.47 Å². The van der Waals surface area contributed by atoms with Gasteiger partial charge < -0.3 is 9.47 Å². The second-order valence-corrected chi connectivity index (χ2v) is 5.22. The van der Waals surface area contributed by atoms with Gasteiger partial charge in [-0.1, -0.05) is 67.2 Å². The average Bonchev–Trinajstić information content (AvgIpc) is 2.60. The maximum absolute atomic E-state index is 12.0. The quantitative estimate of drug-likeness (QED) is 0.547. The van der Waals surface area contributed by atoms with Gasteiger partial charge in [0.1, 0.15) is 0 Å². The number of rotatable bonds is 8. The van der Waals surface area contributed by atoms with Crippen molar-refractivity contribution in [2.75, 3.05) is 6.61 Å². The monoisotopic (exact) mass is 310 g/mol.